The van der Waals surface area contributed by atoms with Crippen molar-refractivity contribution in [1.82, 2.24) is 15.3 Å². The molecular formula is C20H18ClFN4O. The Morgan fingerprint density at radius 1 is 1.22 bits per heavy atom. The number of nitrogens with zero attached hydrogens (tertiary/aromatic N) is 2. The number of pyridine rings is 2. The van der Waals surface area contributed by atoms with E-state index < -0.39 is 5.95 Å². The lowest BCUT2D eigenvalue weighted by atomic mass is 9.99. The molecule has 27 heavy (non-hydrogen) atoms. The van der Waals surface area contributed by atoms with Crippen LogP contribution in [0.25, 0.3) is 11.1 Å². The Morgan fingerprint density at radius 2 is 2.04 bits per heavy atom. The average Bonchev–Trinajstić information content (AvgIpc) is 2.67. The van der Waals surface area contributed by atoms with Crippen molar-refractivity contribution in [3.63, 3.8) is 0 Å². The molecule has 0 unspecified atom stereocenters. The monoisotopic (exact) mass is 384 g/mol. The number of carbonyl (C=O) groups is 1. The van der Waals surface area contributed by atoms with E-state index in [9.17, 15) is 9.18 Å². The standard InChI is InChI=1S/C20H18ClFN4O/c1-12-4-18(19(22)25-10-12)14-5-13(9-23)6-15(7-14)20(27)26-11-17-8-16(21)2-3-24-17/h2-8,10H,9,11,23H2,1H3,(H,26,27). The Morgan fingerprint density at radius 3 is 2.78 bits per heavy atom. The molecule has 3 rings (SSSR count). The molecule has 3 aromatic rings. The van der Waals surface area contributed by atoms with Crippen LogP contribution in [0.15, 0.2) is 48.8 Å². The van der Waals surface area contributed by atoms with Gasteiger partial charge in [0.2, 0.25) is 5.95 Å². The summed E-state index contributed by atoms with van der Waals surface area (Å²) in [5.41, 5.74) is 9.20. The maximum Gasteiger partial charge on any atom is 0.251 e. The predicted octanol–water partition coefficient (Wildman–Crippen LogP) is 3.63. The van der Waals surface area contributed by atoms with E-state index in [1.165, 1.54) is 6.20 Å². The van der Waals surface area contributed by atoms with Gasteiger partial charge in [-0.3, -0.25) is 9.78 Å². The second-order valence-corrected chi connectivity index (χ2v) is 6.56. The van der Waals surface area contributed by atoms with E-state index in [0.717, 1.165) is 11.1 Å². The van der Waals surface area contributed by atoms with Gasteiger partial charge in [-0.05, 0) is 60.0 Å². The van der Waals surface area contributed by atoms with E-state index in [2.05, 4.69) is 15.3 Å². The average molecular weight is 385 g/mol. The van der Waals surface area contributed by atoms with Crippen molar-refractivity contribution < 1.29 is 9.18 Å². The van der Waals surface area contributed by atoms with Crippen LogP contribution in [0.4, 0.5) is 4.39 Å². The molecular weight excluding hydrogens is 367 g/mol. The summed E-state index contributed by atoms with van der Waals surface area (Å²) >= 11 is 5.92. The third-order valence-electron chi connectivity index (χ3n) is 3.99. The summed E-state index contributed by atoms with van der Waals surface area (Å²) in [4.78, 5) is 20.5. The minimum Gasteiger partial charge on any atom is -0.346 e. The molecule has 0 aliphatic carbocycles. The maximum atomic E-state index is 14.2. The molecule has 0 aliphatic heterocycles. The van der Waals surface area contributed by atoms with E-state index in [-0.39, 0.29) is 19.0 Å². The summed E-state index contributed by atoms with van der Waals surface area (Å²) in [5, 5.41) is 3.33. The second-order valence-electron chi connectivity index (χ2n) is 6.12. The number of hydrogen-bond acceptors (Lipinski definition) is 4. The minimum atomic E-state index is -0.593. The fourth-order valence-electron chi connectivity index (χ4n) is 2.67. The van der Waals surface area contributed by atoms with Gasteiger partial charge < -0.3 is 11.1 Å². The van der Waals surface area contributed by atoms with Crippen molar-refractivity contribution in [3.05, 3.63) is 82.1 Å². The number of benzene rings is 1. The van der Waals surface area contributed by atoms with Gasteiger partial charge in [-0.25, -0.2) is 4.98 Å². The fourth-order valence-corrected chi connectivity index (χ4v) is 2.85. The molecule has 0 spiro atoms. The van der Waals surface area contributed by atoms with Crippen LogP contribution in [0.2, 0.25) is 5.02 Å². The van der Waals surface area contributed by atoms with Crippen molar-refractivity contribution in [1.29, 1.82) is 0 Å². The summed E-state index contributed by atoms with van der Waals surface area (Å²) in [5.74, 6) is -0.904. The normalized spacial score (nSPS) is 10.7. The number of aromatic nitrogens is 2. The van der Waals surface area contributed by atoms with E-state index in [0.29, 0.717) is 27.4 Å². The number of hydrogen-bond donors (Lipinski definition) is 2. The zero-order chi connectivity index (χ0) is 19.4. The van der Waals surface area contributed by atoms with Crippen LogP contribution in [0.3, 0.4) is 0 Å². The van der Waals surface area contributed by atoms with Gasteiger partial charge in [-0.2, -0.15) is 4.39 Å². The lowest BCUT2D eigenvalue weighted by molar-refractivity contribution is 0.0950. The Kier molecular flexibility index (Phi) is 5.78. The van der Waals surface area contributed by atoms with E-state index in [4.69, 9.17) is 17.3 Å². The highest BCUT2D eigenvalue weighted by atomic mass is 35.5. The van der Waals surface area contributed by atoms with Crippen LogP contribution < -0.4 is 11.1 Å². The smallest absolute Gasteiger partial charge is 0.251 e. The largest absolute Gasteiger partial charge is 0.346 e. The molecule has 0 bridgehead atoms. The Balaban J connectivity index is 1.88. The molecule has 0 atom stereocenters. The minimum absolute atomic E-state index is 0.224. The van der Waals surface area contributed by atoms with Gasteiger partial charge in [-0.15, -0.1) is 0 Å². The van der Waals surface area contributed by atoms with Crippen LogP contribution in [0, 0.1) is 12.9 Å². The molecule has 5 nitrogen and oxygen atoms in total. The van der Waals surface area contributed by atoms with Gasteiger partial charge in [0.25, 0.3) is 5.91 Å². The molecule has 3 N–H and O–H groups in total. The Labute approximate surface area is 161 Å². The number of carbonyl (C=O) groups excluding carboxylic acids is 1. The van der Waals surface area contributed by atoms with Crippen molar-refractivity contribution in [2.45, 2.75) is 20.0 Å². The van der Waals surface area contributed by atoms with Gasteiger partial charge in [0, 0.05) is 35.1 Å². The summed E-state index contributed by atoms with van der Waals surface area (Å²) in [6.07, 6.45) is 3.03. The maximum absolute atomic E-state index is 14.2. The molecule has 0 fully saturated rings. The lowest BCUT2D eigenvalue weighted by Crippen LogP contribution is -2.23. The summed E-state index contributed by atoms with van der Waals surface area (Å²) in [6, 6.07) is 10.1. The van der Waals surface area contributed by atoms with Crippen molar-refractivity contribution in [3.8, 4) is 11.1 Å². The summed E-state index contributed by atoms with van der Waals surface area (Å²) in [7, 11) is 0. The van der Waals surface area contributed by atoms with Crippen LogP contribution in [0.5, 0.6) is 0 Å². The lowest BCUT2D eigenvalue weighted by Gasteiger charge is -2.11. The van der Waals surface area contributed by atoms with Crippen LogP contribution >= 0.6 is 11.6 Å². The summed E-state index contributed by atoms with van der Waals surface area (Å²) < 4.78 is 14.2. The highest BCUT2D eigenvalue weighted by molar-refractivity contribution is 6.30. The molecule has 0 saturated carbocycles. The van der Waals surface area contributed by atoms with E-state index >= 15 is 0 Å². The quantitative estimate of drug-likeness (QED) is 0.658. The molecule has 2 aromatic heterocycles. The van der Waals surface area contributed by atoms with Gasteiger partial charge in [0.1, 0.15) is 0 Å². The number of aryl methyl sites for hydroxylation is 1. The fraction of sp³-hybridized carbons (Fsp3) is 0.150. The van der Waals surface area contributed by atoms with E-state index in [1.807, 2.05) is 6.92 Å². The first kappa shape index (κ1) is 18.9. The molecule has 0 radical (unpaired) electrons. The SMILES string of the molecule is Cc1cnc(F)c(-c2cc(CN)cc(C(=O)NCc3cc(Cl)ccn3)c2)c1. The molecule has 138 valence electrons. The molecule has 7 heteroatoms. The van der Waals surface area contributed by atoms with Gasteiger partial charge in [0.15, 0.2) is 0 Å². The number of nitrogens with two attached hydrogens (primary N) is 1. The molecule has 0 saturated heterocycles. The van der Waals surface area contributed by atoms with E-state index in [1.54, 1.807) is 42.6 Å². The first-order chi connectivity index (χ1) is 13.0. The highest BCUT2D eigenvalue weighted by Gasteiger charge is 2.13. The van der Waals surface area contributed by atoms with Crippen LogP contribution in [-0.2, 0) is 13.1 Å². The first-order valence-corrected chi connectivity index (χ1v) is 8.69. The molecule has 1 amide bonds. The number of halogens is 2. The van der Waals surface area contributed by atoms with Crippen LogP contribution in [0.1, 0.15) is 27.2 Å². The highest BCUT2D eigenvalue weighted by Crippen LogP contribution is 2.25. The third-order valence-corrected chi connectivity index (χ3v) is 4.22. The number of amides is 1. The molecule has 0 aliphatic rings. The summed E-state index contributed by atoms with van der Waals surface area (Å²) in [6.45, 7) is 2.28. The zero-order valence-electron chi connectivity index (χ0n) is 14.7. The predicted molar refractivity (Wildman–Crippen MR) is 103 cm³/mol. The van der Waals surface area contributed by atoms with Gasteiger partial charge >= 0.3 is 0 Å². The Bertz CT molecular complexity index is 993. The van der Waals surface area contributed by atoms with Crippen LogP contribution in [-0.4, -0.2) is 15.9 Å². The van der Waals surface area contributed by atoms with Crippen molar-refractivity contribution in [2.24, 2.45) is 5.73 Å². The molecule has 2 heterocycles. The topological polar surface area (TPSA) is 80.9 Å². The Hall–Kier alpha value is -2.83. The second kappa shape index (κ2) is 8.24. The van der Waals surface area contributed by atoms with Crippen molar-refractivity contribution in [2.75, 3.05) is 0 Å². The third kappa shape index (κ3) is 4.67. The molecule has 1 aromatic carbocycles. The van der Waals surface area contributed by atoms with Crippen molar-refractivity contribution >= 4 is 17.5 Å². The zero-order valence-corrected chi connectivity index (χ0v) is 15.4. The number of nitrogens with one attached hydrogen (secondary N) is 1. The van der Waals surface area contributed by atoms with Gasteiger partial charge in [-0.1, -0.05) is 11.6 Å². The van der Waals surface area contributed by atoms with Gasteiger partial charge in [0.05, 0.1) is 12.2 Å². The number of rotatable bonds is 5. The first-order valence-electron chi connectivity index (χ1n) is 8.31.